The van der Waals surface area contributed by atoms with Gasteiger partial charge in [0, 0.05) is 24.5 Å². The van der Waals surface area contributed by atoms with E-state index < -0.39 is 74.3 Å². The molecule has 2 aliphatic heterocycles. The first-order valence-electron chi connectivity index (χ1n) is 15.8. The molecule has 1 aromatic carbocycles. The van der Waals surface area contributed by atoms with Crippen LogP contribution in [-0.2, 0) is 28.5 Å². The molecule has 0 aromatic heterocycles. The van der Waals surface area contributed by atoms with E-state index in [0.29, 0.717) is 44.3 Å². The molecule has 0 bridgehead atoms. The van der Waals surface area contributed by atoms with Crippen molar-refractivity contribution >= 4 is 23.4 Å². The molecule has 1 aromatic rings. The van der Waals surface area contributed by atoms with Crippen LogP contribution in [0.25, 0.3) is 0 Å². The van der Waals surface area contributed by atoms with Gasteiger partial charge in [0.2, 0.25) is 18.0 Å². The number of thioether (sulfide) groups is 1. The molecule has 2 heterocycles. The standard InChI is InChI=1S/C31H51NO15S/c1-30(2,3)17-43-12-11-42-10-4-13-48-14-9-22(35)32-18-5-7-19(8-6-18)44-28-26(39)27(40)31(41,21(16-34)46-28)47-29-25(38)24(37)23(36)20(15-33)45-29/h5-8,20-21,23-29,33-34,36-41H,4,9-17H2,1-3H3,(H,32,35)/t20?,21?,23-,24?,25?,26?,27-,28+,29?,31+/m0/s1. The summed E-state index contributed by atoms with van der Waals surface area (Å²) in [6.07, 6.45) is -15.1. The van der Waals surface area contributed by atoms with Crippen molar-refractivity contribution in [3.05, 3.63) is 24.3 Å². The van der Waals surface area contributed by atoms with Crippen molar-refractivity contribution in [3.63, 3.8) is 0 Å². The van der Waals surface area contributed by atoms with E-state index in [1.807, 2.05) is 0 Å². The van der Waals surface area contributed by atoms with Gasteiger partial charge in [0.1, 0.15) is 48.5 Å². The summed E-state index contributed by atoms with van der Waals surface area (Å²) in [5.41, 5.74) is 0.619. The molecule has 276 valence electrons. The molecule has 6 unspecified atom stereocenters. The fourth-order valence-electron chi connectivity index (χ4n) is 4.79. The number of nitrogens with one attached hydrogen (secondary N) is 1. The lowest BCUT2D eigenvalue weighted by atomic mass is 9.94. The summed E-state index contributed by atoms with van der Waals surface area (Å²) in [6.45, 7) is 7.05. The molecule has 2 fully saturated rings. The first kappa shape index (κ1) is 40.7. The van der Waals surface area contributed by atoms with Crippen molar-refractivity contribution in [2.24, 2.45) is 5.41 Å². The molecule has 9 N–H and O–H groups in total. The van der Waals surface area contributed by atoms with Crippen LogP contribution in [0.4, 0.5) is 5.69 Å². The zero-order valence-electron chi connectivity index (χ0n) is 27.4. The van der Waals surface area contributed by atoms with Crippen molar-refractivity contribution in [1.29, 1.82) is 0 Å². The highest BCUT2D eigenvalue weighted by Crippen LogP contribution is 2.36. The first-order valence-corrected chi connectivity index (χ1v) is 17.0. The third-order valence-electron chi connectivity index (χ3n) is 7.45. The normalized spacial score (nSPS) is 32.6. The number of ether oxygens (including phenoxy) is 6. The number of aliphatic hydroxyl groups excluding tert-OH is 7. The van der Waals surface area contributed by atoms with E-state index in [9.17, 15) is 45.6 Å². The summed E-state index contributed by atoms with van der Waals surface area (Å²) in [6, 6.07) is 6.05. The van der Waals surface area contributed by atoms with Crippen LogP contribution < -0.4 is 10.1 Å². The third kappa shape index (κ3) is 11.7. The van der Waals surface area contributed by atoms with E-state index in [2.05, 4.69) is 26.1 Å². The summed E-state index contributed by atoms with van der Waals surface area (Å²) in [4.78, 5) is 12.4. The van der Waals surface area contributed by atoms with Gasteiger partial charge in [-0.3, -0.25) is 4.79 Å². The van der Waals surface area contributed by atoms with E-state index in [4.69, 9.17) is 28.4 Å². The number of anilines is 1. The fraction of sp³-hybridized carbons (Fsp3) is 0.774. The molecule has 0 saturated carbocycles. The van der Waals surface area contributed by atoms with Gasteiger partial charge in [0.15, 0.2) is 6.29 Å². The molecule has 10 atom stereocenters. The van der Waals surface area contributed by atoms with Gasteiger partial charge in [-0.05, 0) is 41.9 Å². The van der Waals surface area contributed by atoms with E-state index in [1.54, 1.807) is 23.9 Å². The number of benzene rings is 1. The number of aliphatic hydroxyl groups is 8. The highest BCUT2D eigenvalue weighted by molar-refractivity contribution is 7.99. The van der Waals surface area contributed by atoms with Gasteiger partial charge in [-0.2, -0.15) is 11.8 Å². The van der Waals surface area contributed by atoms with Crippen LogP contribution in [0.3, 0.4) is 0 Å². The van der Waals surface area contributed by atoms with Crippen molar-refractivity contribution in [2.45, 2.75) is 94.7 Å². The average Bonchev–Trinajstić information content (AvgIpc) is 3.04. The Hall–Kier alpha value is -1.68. The van der Waals surface area contributed by atoms with E-state index >= 15 is 0 Å². The SMILES string of the molecule is CC(C)(C)COCCOCCCSCCC(=O)Nc1ccc(O[C@@H]2OC(CO)[C@@](O)(OC3OC(CO)[C@H](O)C(O)C3O)[C@@H](O)C2O)cc1. The van der Waals surface area contributed by atoms with Crippen molar-refractivity contribution in [3.8, 4) is 5.75 Å². The summed E-state index contributed by atoms with van der Waals surface area (Å²) in [5.74, 6) is -1.41. The van der Waals surface area contributed by atoms with Crippen LogP contribution in [0, 0.1) is 5.41 Å². The minimum absolute atomic E-state index is 0.133. The molecule has 2 saturated heterocycles. The van der Waals surface area contributed by atoms with Gasteiger partial charge in [-0.15, -0.1) is 0 Å². The number of hydrogen-bond acceptors (Lipinski definition) is 16. The van der Waals surface area contributed by atoms with Crippen LogP contribution >= 0.6 is 11.8 Å². The number of carbonyl (C=O) groups is 1. The van der Waals surface area contributed by atoms with Gasteiger partial charge in [-0.25, -0.2) is 0 Å². The maximum Gasteiger partial charge on any atom is 0.229 e. The Morgan fingerprint density at radius 1 is 0.875 bits per heavy atom. The van der Waals surface area contributed by atoms with Crippen LogP contribution in [-0.4, -0.2) is 159 Å². The Labute approximate surface area is 283 Å². The Bertz CT molecular complexity index is 1090. The molecule has 0 spiro atoms. The Morgan fingerprint density at radius 3 is 2.21 bits per heavy atom. The number of rotatable bonds is 18. The summed E-state index contributed by atoms with van der Waals surface area (Å²) in [7, 11) is 0. The van der Waals surface area contributed by atoms with E-state index in [1.165, 1.54) is 12.1 Å². The smallest absolute Gasteiger partial charge is 0.229 e. The zero-order valence-corrected chi connectivity index (χ0v) is 28.2. The van der Waals surface area contributed by atoms with Gasteiger partial charge in [0.05, 0.1) is 33.0 Å². The van der Waals surface area contributed by atoms with Crippen LogP contribution in [0.15, 0.2) is 24.3 Å². The number of hydrogen-bond donors (Lipinski definition) is 9. The van der Waals surface area contributed by atoms with Gasteiger partial charge < -0.3 is 74.6 Å². The lowest BCUT2D eigenvalue weighted by Crippen LogP contribution is -2.71. The summed E-state index contributed by atoms with van der Waals surface area (Å²) >= 11 is 1.65. The molecular weight excluding hydrogens is 658 g/mol. The third-order valence-corrected chi connectivity index (χ3v) is 8.52. The fourth-order valence-corrected chi connectivity index (χ4v) is 5.65. The second-order valence-electron chi connectivity index (χ2n) is 12.8. The second-order valence-corrected chi connectivity index (χ2v) is 14.0. The predicted octanol–water partition coefficient (Wildman–Crippen LogP) is -1.46. The van der Waals surface area contributed by atoms with Gasteiger partial charge >= 0.3 is 0 Å². The Balaban J connectivity index is 1.41. The molecule has 0 radical (unpaired) electrons. The number of amides is 1. The van der Waals surface area contributed by atoms with E-state index in [-0.39, 0.29) is 17.1 Å². The van der Waals surface area contributed by atoms with Crippen molar-refractivity contribution in [1.82, 2.24) is 0 Å². The lowest BCUT2D eigenvalue weighted by Gasteiger charge is -2.49. The maximum atomic E-state index is 12.4. The minimum Gasteiger partial charge on any atom is -0.462 e. The summed E-state index contributed by atoms with van der Waals surface area (Å²) in [5, 5.41) is 84.9. The molecule has 2 aliphatic rings. The molecule has 3 rings (SSSR count). The van der Waals surface area contributed by atoms with E-state index in [0.717, 1.165) is 12.2 Å². The Morgan fingerprint density at radius 2 is 1.56 bits per heavy atom. The molecule has 1 amide bonds. The monoisotopic (exact) mass is 709 g/mol. The Kier molecular flexibility index (Phi) is 16.2. The zero-order chi connectivity index (χ0) is 35.5. The number of carbonyl (C=O) groups excluding carboxylic acids is 1. The van der Waals surface area contributed by atoms with Gasteiger partial charge in [-0.1, -0.05) is 20.8 Å². The van der Waals surface area contributed by atoms with Crippen molar-refractivity contribution in [2.75, 3.05) is 56.5 Å². The first-order chi connectivity index (χ1) is 22.7. The van der Waals surface area contributed by atoms with Gasteiger partial charge in [0.25, 0.3) is 0 Å². The van der Waals surface area contributed by atoms with Crippen LogP contribution in [0.2, 0.25) is 0 Å². The molecular formula is C31H51NO15S. The highest BCUT2D eigenvalue weighted by Gasteiger charge is 2.59. The maximum absolute atomic E-state index is 12.4. The lowest BCUT2D eigenvalue weighted by molar-refractivity contribution is -0.435. The highest BCUT2D eigenvalue weighted by atomic mass is 32.2. The molecule has 16 nitrogen and oxygen atoms in total. The molecule has 0 aliphatic carbocycles. The largest absolute Gasteiger partial charge is 0.462 e. The summed E-state index contributed by atoms with van der Waals surface area (Å²) < 4.78 is 32.7. The second kappa shape index (κ2) is 19.1. The molecule has 17 heteroatoms. The topological polar surface area (TPSA) is 246 Å². The minimum atomic E-state index is -2.89. The quantitative estimate of drug-likeness (QED) is 0.0625. The van der Waals surface area contributed by atoms with Crippen molar-refractivity contribution < 1.29 is 74.1 Å². The predicted molar refractivity (Wildman–Crippen MR) is 171 cm³/mol. The molecule has 48 heavy (non-hydrogen) atoms. The average molecular weight is 710 g/mol. The van der Waals surface area contributed by atoms with Crippen LogP contribution in [0.5, 0.6) is 5.75 Å². The van der Waals surface area contributed by atoms with Crippen LogP contribution in [0.1, 0.15) is 33.6 Å².